The lowest BCUT2D eigenvalue weighted by atomic mass is 10.1. The van der Waals surface area contributed by atoms with E-state index in [4.69, 9.17) is 14.6 Å². The van der Waals surface area contributed by atoms with E-state index in [9.17, 15) is 22.8 Å². The molecule has 0 radical (unpaired) electrons. The maximum Gasteiger partial charge on any atom is 0.416 e. The van der Waals surface area contributed by atoms with Gasteiger partial charge in [-0.3, -0.25) is 4.79 Å². The van der Waals surface area contributed by atoms with Crippen LogP contribution in [0.15, 0.2) is 48.5 Å². The van der Waals surface area contributed by atoms with Crippen LogP contribution in [0.3, 0.4) is 0 Å². The van der Waals surface area contributed by atoms with E-state index in [1.54, 1.807) is 38.1 Å². The molecule has 2 N–H and O–H groups in total. The molecule has 0 saturated carbocycles. The van der Waals surface area contributed by atoms with E-state index in [2.05, 4.69) is 5.32 Å². The second kappa shape index (κ2) is 10.8. The van der Waals surface area contributed by atoms with E-state index in [0.717, 1.165) is 17.7 Å². The second-order valence-corrected chi connectivity index (χ2v) is 6.80. The fourth-order valence-electron chi connectivity index (χ4n) is 2.74. The lowest BCUT2D eigenvalue weighted by Crippen LogP contribution is -2.35. The van der Waals surface area contributed by atoms with Crippen molar-refractivity contribution in [1.82, 2.24) is 5.32 Å². The number of alkyl halides is 3. The third kappa shape index (κ3) is 7.60. The van der Waals surface area contributed by atoms with Crippen molar-refractivity contribution in [1.29, 1.82) is 0 Å². The molecule has 0 aliphatic rings. The minimum Gasteiger partial charge on any atom is -0.481 e. The minimum absolute atomic E-state index is 0.0671. The zero-order chi connectivity index (χ0) is 23.0. The van der Waals surface area contributed by atoms with Gasteiger partial charge in [-0.25, -0.2) is 4.79 Å². The molecule has 1 amide bonds. The Morgan fingerprint density at radius 1 is 1.03 bits per heavy atom. The Bertz CT molecular complexity index is 866. The van der Waals surface area contributed by atoms with Gasteiger partial charge in [-0.15, -0.1) is 0 Å². The van der Waals surface area contributed by atoms with Crippen molar-refractivity contribution < 1.29 is 37.3 Å². The molecule has 0 unspecified atom stereocenters. The van der Waals surface area contributed by atoms with Crippen LogP contribution in [0.1, 0.15) is 30.5 Å². The quantitative estimate of drug-likeness (QED) is 0.588. The Morgan fingerprint density at radius 3 is 2.13 bits per heavy atom. The van der Waals surface area contributed by atoms with Crippen molar-refractivity contribution in [3.8, 4) is 5.75 Å². The second-order valence-electron chi connectivity index (χ2n) is 6.80. The van der Waals surface area contributed by atoms with Crippen molar-refractivity contribution in [3.63, 3.8) is 0 Å². The van der Waals surface area contributed by atoms with Crippen molar-refractivity contribution in [2.45, 2.75) is 45.2 Å². The molecule has 2 rings (SSSR count). The van der Waals surface area contributed by atoms with Crippen LogP contribution in [0.4, 0.5) is 13.2 Å². The van der Waals surface area contributed by atoms with Crippen LogP contribution in [-0.2, 0) is 33.5 Å². The number of carboxylic acid groups (broad SMARTS) is 1. The first-order valence-corrected chi connectivity index (χ1v) is 9.64. The fourth-order valence-corrected chi connectivity index (χ4v) is 2.74. The van der Waals surface area contributed by atoms with E-state index in [1.165, 1.54) is 12.1 Å². The first kappa shape index (κ1) is 24.2. The predicted molar refractivity (Wildman–Crippen MR) is 107 cm³/mol. The number of ether oxygens (including phenoxy) is 2. The molecule has 2 aromatic carbocycles. The SMILES string of the molecule is CCO[C@@H](Cc1ccc(O[C@H](C)C(=O)NCc2ccc(C(F)(F)F)cc2)cc1)C(=O)O. The number of nitrogens with one attached hydrogen (secondary N) is 1. The monoisotopic (exact) mass is 439 g/mol. The molecule has 168 valence electrons. The van der Waals surface area contributed by atoms with Gasteiger partial charge in [0, 0.05) is 19.6 Å². The molecule has 6 nitrogen and oxygen atoms in total. The number of carbonyl (C=O) groups excluding carboxylic acids is 1. The van der Waals surface area contributed by atoms with Gasteiger partial charge in [0.15, 0.2) is 12.2 Å². The molecule has 0 aliphatic carbocycles. The van der Waals surface area contributed by atoms with Gasteiger partial charge in [-0.05, 0) is 49.2 Å². The predicted octanol–water partition coefficient (Wildman–Crippen LogP) is 3.82. The normalized spacial score (nSPS) is 13.3. The first-order valence-electron chi connectivity index (χ1n) is 9.64. The average Bonchev–Trinajstić information content (AvgIpc) is 2.72. The molecule has 9 heteroatoms. The highest BCUT2D eigenvalue weighted by Gasteiger charge is 2.30. The van der Waals surface area contributed by atoms with Gasteiger partial charge < -0.3 is 19.9 Å². The maximum absolute atomic E-state index is 12.6. The van der Waals surface area contributed by atoms with E-state index >= 15 is 0 Å². The molecule has 0 bridgehead atoms. The zero-order valence-electron chi connectivity index (χ0n) is 17.1. The Morgan fingerprint density at radius 2 is 1.61 bits per heavy atom. The van der Waals surface area contributed by atoms with Crippen LogP contribution < -0.4 is 10.1 Å². The van der Waals surface area contributed by atoms with Gasteiger partial charge in [0.25, 0.3) is 5.91 Å². The highest BCUT2D eigenvalue weighted by molar-refractivity contribution is 5.80. The Hall–Kier alpha value is -3.07. The van der Waals surface area contributed by atoms with Crippen LogP contribution >= 0.6 is 0 Å². The number of aliphatic carboxylic acids is 1. The molecule has 0 saturated heterocycles. The van der Waals surface area contributed by atoms with Crippen molar-refractivity contribution in [2.75, 3.05) is 6.61 Å². The molecule has 2 aromatic rings. The number of hydrogen-bond donors (Lipinski definition) is 2. The molecule has 0 spiro atoms. The molecule has 0 fully saturated rings. The molecular weight excluding hydrogens is 415 g/mol. The average molecular weight is 439 g/mol. The third-order valence-electron chi connectivity index (χ3n) is 4.42. The van der Waals surface area contributed by atoms with Gasteiger partial charge in [0.2, 0.25) is 0 Å². The number of carboxylic acids is 1. The van der Waals surface area contributed by atoms with Crippen molar-refractivity contribution >= 4 is 11.9 Å². The summed E-state index contributed by atoms with van der Waals surface area (Å²) in [5.74, 6) is -1.05. The van der Waals surface area contributed by atoms with Crippen LogP contribution in [-0.4, -0.2) is 35.8 Å². The van der Waals surface area contributed by atoms with Gasteiger partial charge in [0.05, 0.1) is 5.56 Å². The summed E-state index contributed by atoms with van der Waals surface area (Å²) in [7, 11) is 0. The fraction of sp³-hybridized carbons (Fsp3) is 0.364. The Kier molecular flexibility index (Phi) is 8.44. The van der Waals surface area contributed by atoms with Gasteiger partial charge in [-0.2, -0.15) is 13.2 Å². The van der Waals surface area contributed by atoms with E-state index in [-0.39, 0.29) is 19.6 Å². The van der Waals surface area contributed by atoms with Gasteiger partial charge in [-0.1, -0.05) is 24.3 Å². The number of benzene rings is 2. The highest BCUT2D eigenvalue weighted by Crippen LogP contribution is 2.29. The Balaban J connectivity index is 1.86. The van der Waals surface area contributed by atoms with Gasteiger partial charge >= 0.3 is 12.1 Å². The Labute approximate surface area is 178 Å². The lowest BCUT2D eigenvalue weighted by molar-refractivity contribution is -0.150. The number of carbonyl (C=O) groups is 2. The first-order chi connectivity index (χ1) is 14.6. The summed E-state index contributed by atoms with van der Waals surface area (Å²) < 4.78 is 48.5. The molecule has 0 aliphatic heterocycles. The lowest BCUT2D eigenvalue weighted by Gasteiger charge is -2.16. The number of hydrogen-bond acceptors (Lipinski definition) is 4. The maximum atomic E-state index is 12.6. The summed E-state index contributed by atoms with van der Waals surface area (Å²) >= 11 is 0. The summed E-state index contributed by atoms with van der Waals surface area (Å²) in [6, 6.07) is 11.2. The topological polar surface area (TPSA) is 84.9 Å². The molecule has 0 aromatic heterocycles. The smallest absolute Gasteiger partial charge is 0.416 e. The standard InChI is InChI=1S/C22H24F3NO5/c1-3-30-19(21(28)29)12-15-6-10-18(11-7-15)31-14(2)20(27)26-13-16-4-8-17(9-5-16)22(23,24)25/h4-11,14,19H,3,12-13H2,1-2H3,(H,26,27)(H,28,29)/t14-,19+/m1/s1. The van der Waals surface area contributed by atoms with Crippen molar-refractivity contribution in [3.05, 3.63) is 65.2 Å². The molecule has 0 heterocycles. The zero-order valence-corrected chi connectivity index (χ0v) is 17.1. The summed E-state index contributed by atoms with van der Waals surface area (Å²) in [6.45, 7) is 3.62. The van der Waals surface area contributed by atoms with E-state index in [0.29, 0.717) is 11.3 Å². The number of amides is 1. The summed E-state index contributed by atoms with van der Waals surface area (Å²) in [5.41, 5.74) is 0.520. The molecular formula is C22H24F3NO5. The van der Waals surface area contributed by atoms with Gasteiger partial charge in [0.1, 0.15) is 5.75 Å². The van der Waals surface area contributed by atoms with Crippen LogP contribution in [0.2, 0.25) is 0 Å². The largest absolute Gasteiger partial charge is 0.481 e. The summed E-state index contributed by atoms with van der Waals surface area (Å²) in [6.07, 6.45) is -5.98. The highest BCUT2D eigenvalue weighted by atomic mass is 19.4. The van der Waals surface area contributed by atoms with Crippen LogP contribution in [0, 0.1) is 0 Å². The molecule has 31 heavy (non-hydrogen) atoms. The van der Waals surface area contributed by atoms with E-state index in [1.807, 2.05) is 0 Å². The van der Waals surface area contributed by atoms with Crippen molar-refractivity contribution in [2.24, 2.45) is 0 Å². The summed E-state index contributed by atoms with van der Waals surface area (Å²) in [4.78, 5) is 23.4. The number of rotatable bonds is 10. The number of halogens is 3. The van der Waals surface area contributed by atoms with E-state index < -0.39 is 35.8 Å². The van der Waals surface area contributed by atoms with Crippen LogP contribution in [0.5, 0.6) is 5.75 Å². The molecule has 2 atom stereocenters. The van der Waals surface area contributed by atoms with Crippen LogP contribution in [0.25, 0.3) is 0 Å². The minimum atomic E-state index is -4.41. The third-order valence-corrected chi connectivity index (χ3v) is 4.42. The summed E-state index contributed by atoms with van der Waals surface area (Å²) in [5, 5.41) is 11.8.